The lowest BCUT2D eigenvalue weighted by molar-refractivity contribution is 0.323. The van der Waals surface area contributed by atoms with E-state index in [0.717, 1.165) is 40.2 Å². The summed E-state index contributed by atoms with van der Waals surface area (Å²) in [6.45, 7) is 2.57. The maximum Gasteiger partial charge on any atom is 0.220 e. The molecule has 1 aliphatic heterocycles. The van der Waals surface area contributed by atoms with Crippen molar-refractivity contribution in [2.75, 3.05) is 13.7 Å². The molecule has 1 aliphatic rings. The fourth-order valence-corrected chi connectivity index (χ4v) is 2.82. The van der Waals surface area contributed by atoms with E-state index < -0.39 is 0 Å². The van der Waals surface area contributed by atoms with E-state index in [4.69, 9.17) is 13.9 Å². The van der Waals surface area contributed by atoms with Gasteiger partial charge < -0.3 is 13.9 Å². The highest BCUT2D eigenvalue weighted by atomic mass is 16.5. The second kappa shape index (κ2) is 5.02. The molecule has 4 rings (SSSR count). The van der Waals surface area contributed by atoms with E-state index in [2.05, 4.69) is 9.97 Å². The number of para-hydroxylation sites is 1. The highest BCUT2D eigenvalue weighted by Gasteiger charge is 2.27. The van der Waals surface area contributed by atoms with Crippen LogP contribution in [0.15, 0.2) is 28.7 Å². The summed E-state index contributed by atoms with van der Waals surface area (Å²) in [6, 6.07) is 7.86. The van der Waals surface area contributed by atoms with Crippen LogP contribution in [0.5, 0.6) is 11.6 Å². The van der Waals surface area contributed by atoms with Crippen LogP contribution >= 0.6 is 0 Å². The van der Waals surface area contributed by atoms with Crippen LogP contribution in [-0.2, 0) is 12.8 Å². The van der Waals surface area contributed by atoms with Crippen LogP contribution in [0.2, 0.25) is 0 Å². The predicted molar refractivity (Wildman–Crippen MR) is 82.4 cm³/mol. The normalized spacial score (nSPS) is 13.2. The van der Waals surface area contributed by atoms with E-state index in [-0.39, 0.29) is 0 Å². The molecule has 0 aliphatic carbocycles. The molecule has 0 unspecified atom stereocenters. The number of aromatic nitrogens is 2. The number of rotatable bonds is 2. The number of furan rings is 1. The molecule has 0 spiro atoms. The number of benzene rings is 1. The summed E-state index contributed by atoms with van der Waals surface area (Å²) in [7, 11) is 1.63. The predicted octanol–water partition coefficient (Wildman–Crippen LogP) is 3.40. The van der Waals surface area contributed by atoms with E-state index in [1.807, 2.05) is 31.2 Å². The number of methoxy groups -OCH3 is 1. The van der Waals surface area contributed by atoms with Gasteiger partial charge in [-0.25, -0.2) is 4.98 Å². The highest BCUT2D eigenvalue weighted by molar-refractivity contribution is 5.91. The van der Waals surface area contributed by atoms with Crippen LogP contribution in [0.3, 0.4) is 0 Å². The summed E-state index contributed by atoms with van der Waals surface area (Å²) in [5, 5.41) is 0.973. The standard InChI is InChI=1S/C17H16N2O3/c1-3-13-18-14-11(17(19-13)20-2)8-9-21-15-10-6-4-5-7-12(10)22-16(14)15/h4-7H,3,8-9H2,1-2H3. The third kappa shape index (κ3) is 1.85. The molecule has 3 aromatic rings. The van der Waals surface area contributed by atoms with Crippen molar-refractivity contribution in [3.63, 3.8) is 0 Å². The first kappa shape index (κ1) is 13.1. The minimum absolute atomic E-state index is 0.550. The lowest BCUT2D eigenvalue weighted by Crippen LogP contribution is -2.06. The number of aryl methyl sites for hydroxylation is 1. The second-order valence-corrected chi connectivity index (χ2v) is 5.18. The van der Waals surface area contributed by atoms with Crippen LogP contribution in [0.4, 0.5) is 0 Å². The molecule has 0 atom stereocenters. The lowest BCUT2D eigenvalue weighted by Gasteiger charge is -2.10. The van der Waals surface area contributed by atoms with Crippen molar-refractivity contribution < 1.29 is 13.9 Å². The molecule has 0 N–H and O–H groups in total. The lowest BCUT2D eigenvalue weighted by atomic mass is 10.1. The smallest absolute Gasteiger partial charge is 0.220 e. The van der Waals surface area contributed by atoms with Crippen LogP contribution < -0.4 is 9.47 Å². The molecule has 5 heteroatoms. The van der Waals surface area contributed by atoms with Gasteiger partial charge >= 0.3 is 0 Å². The number of hydrogen-bond donors (Lipinski definition) is 0. The quantitative estimate of drug-likeness (QED) is 0.725. The number of ether oxygens (including phenoxy) is 2. The average Bonchev–Trinajstić information content (AvgIpc) is 2.83. The Kier molecular flexibility index (Phi) is 2.99. The maximum atomic E-state index is 6.03. The van der Waals surface area contributed by atoms with Crippen molar-refractivity contribution in [1.82, 2.24) is 9.97 Å². The Hall–Kier alpha value is -2.56. The Balaban J connectivity index is 2.05. The van der Waals surface area contributed by atoms with E-state index >= 15 is 0 Å². The third-order valence-corrected chi connectivity index (χ3v) is 3.89. The molecule has 0 radical (unpaired) electrons. The van der Waals surface area contributed by atoms with Crippen molar-refractivity contribution in [2.24, 2.45) is 0 Å². The van der Waals surface area contributed by atoms with Gasteiger partial charge in [-0.3, -0.25) is 0 Å². The SMILES string of the molecule is CCc1nc(OC)c2c(n1)-c1oc3ccccc3c1OCC2. The van der Waals surface area contributed by atoms with E-state index in [0.29, 0.717) is 24.7 Å². The molecule has 2 aromatic heterocycles. The first-order chi connectivity index (χ1) is 10.8. The van der Waals surface area contributed by atoms with Gasteiger partial charge in [-0.15, -0.1) is 0 Å². The highest BCUT2D eigenvalue weighted by Crippen LogP contribution is 2.43. The third-order valence-electron chi connectivity index (χ3n) is 3.89. The molecule has 0 saturated carbocycles. The molecule has 0 fully saturated rings. The van der Waals surface area contributed by atoms with E-state index in [9.17, 15) is 0 Å². The monoisotopic (exact) mass is 296 g/mol. The van der Waals surface area contributed by atoms with Gasteiger partial charge in [-0.2, -0.15) is 4.98 Å². The molecule has 5 nitrogen and oxygen atoms in total. The molecule has 1 aromatic carbocycles. The Morgan fingerprint density at radius 3 is 2.91 bits per heavy atom. The van der Waals surface area contributed by atoms with Crippen LogP contribution in [0.25, 0.3) is 22.4 Å². The van der Waals surface area contributed by atoms with Crippen molar-refractivity contribution >= 4 is 11.0 Å². The van der Waals surface area contributed by atoms with Gasteiger partial charge in [0.15, 0.2) is 11.5 Å². The van der Waals surface area contributed by atoms with Crippen LogP contribution in [-0.4, -0.2) is 23.7 Å². The summed E-state index contributed by atoms with van der Waals surface area (Å²) in [4.78, 5) is 9.13. The molecule has 0 saturated heterocycles. The zero-order valence-corrected chi connectivity index (χ0v) is 12.5. The largest absolute Gasteiger partial charge is 0.488 e. The molecular weight excluding hydrogens is 280 g/mol. The topological polar surface area (TPSA) is 57.4 Å². The zero-order valence-electron chi connectivity index (χ0n) is 12.5. The second-order valence-electron chi connectivity index (χ2n) is 5.18. The van der Waals surface area contributed by atoms with Gasteiger partial charge in [0.05, 0.1) is 19.1 Å². The molecule has 3 heterocycles. The fourth-order valence-electron chi connectivity index (χ4n) is 2.82. The summed E-state index contributed by atoms with van der Waals surface area (Å²) in [6.07, 6.45) is 1.43. The summed E-state index contributed by atoms with van der Waals surface area (Å²) < 4.78 is 17.4. The Bertz CT molecular complexity index is 854. The molecule has 22 heavy (non-hydrogen) atoms. The van der Waals surface area contributed by atoms with Gasteiger partial charge in [0.2, 0.25) is 5.88 Å². The fraction of sp³-hybridized carbons (Fsp3) is 0.294. The molecular formula is C17H16N2O3. The van der Waals surface area contributed by atoms with Gasteiger partial charge in [0.1, 0.15) is 17.1 Å². The van der Waals surface area contributed by atoms with Crippen molar-refractivity contribution in [2.45, 2.75) is 19.8 Å². The van der Waals surface area contributed by atoms with Crippen molar-refractivity contribution in [3.8, 4) is 23.1 Å². The Morgan fingerprint density at radius 2 is 2.09 bits per heavy atom. The maximum absolute atomic E-state index is 6.03. The average molecular weight is 296 g/mol. The molecule has 0 amide bonds. The van der Waals surface area contributed by atoms with Crippen LogP contribution in [0, 0.1) is 0 Å². The van der Waals surface area contributed by atoms with Gasteiger partial charge in [-0.05, 0) is 12.1 Å². The minimum atomic E-state index is 0.550. The van der Waals surface area contributed by atoms with Crippen LogP contribution in [0.1, 0.15) is 18.3 Å². The van der Waals surface area contributed by atoms with Gasteiger partial charge in [-0.1, -0.05) is 19.1 Å². The summed E-state index contributed by atoms with van der Waals surface area (Å²) in [5.74, 6) is 2.78. The van der Waals surface area contributed by atoms with Crippen molar-refractivity contribution in [3.05, 3.63) is 35.7 Å². The first-order valence-corrected chi connectivity index (χ1v) is 7.40. The number of fused-ring (bicyclic) bond motifs is 5. The van der Waals surface area contributed by atoms with Gasteiger partial charge in [0.25, 0.3) is 0 Å². The van der Waals surface area contributed by atoms with Crippen molar-refractivity contribution in [1.29, 1.82) is 0 Å². The Morgan fingerprint density at radius 1 is 1.23 bits per heavy atom. The Labute approximate surface area is 127 Å². The molecule has 0 bridgehead atoms. The van der Waals surface area contributed by atoms with E-state index in [1.165, 1.54) is 0 Å². The zero-order chi connectivity index (χ0) is 15.1. The number of hydrogen-bond acceptors (Lipinski definition) is 5. The summed E-state index contributed by atoms with van der Waals surface area (Å²) in [5.41, 5.74) is 2.53. The molecule has 112 valence electrons. The first-order valence-electron chi connectivity index (χ1n) is 7.40. The summed E-state index contributed by atoms with van der Waals surface area (Å²) >= 11 is 0. The van der Waals surface area contributed by atoms with Gasteiger partial charge in [0, 0.05) is 18.4 Å². The minimum Gasteiger partial charge on any atom is -0.488 e. The number of nitrogens with zero attached hydrogens (tertiary/aromatic N) is 2. The van der Waals surface area contributed by atoms with E-state index in [1.54, 1.807) is 7.11 Å².